The first-order valence-electron chi connectivity index (χ1n) is 6.67. The van der Waals surface area contributed by atoms with E-state index in [-0.39, 0.29) is 18.0 Å². The molecule has 6 heteroatoms. The number of carbonyl (C=O) groups excluding carboxylic acids is 1. The van der Waals surface area contributed by atoms with Gasteiger partial charge in [-0.15, -0.1) is 0 Å². The Morgan fingerprint density at radius 2 is 2.25 bits per heavy atom. The van der Waals surface area contributed by atoms with Crippen LogP contribution in [-0.2, 0) is 4.79 Å². The monoisotopic (exact) mass is 283 g/mol. The van der Waals surface area contributed by atoms with E-state index in [0.29, 0.717) is 18.7 Å². The SMILES string of the molecule is CNC(=O)C1CNCCN1C(C)c1ccc(F)cc1F. The molecular weight excluding hydrogens is 264 g/mol. The minimum absolute atomic E-state index is 0.105. The van der Waals surface area contributed by atoms with Crippen LogP contribution >= 0.6 is 0 Å². The van der Waals surface area contributed by atoms with E-state index in [4.69, 9.17) is 0 Å². The maximum Gasteiger partial charge on any atom is 0.238 e. The predicted molar refractivity (Wildman–Crippen MR) is 72.2 cm³/mol. The molecule has 2 rings (SSSR count). The lowest BCUT2D eigenvalue weighted by atomic mass is 10.0. The molecule has 110 valence electrons. The van der Waals surface area contributed by atoms with Crippen molar-refractivity contribution in [2.75, 3.05) is 26.7 Å². The number of nitrogens with zero attached hydrogens (tertiary/aromatic N) is 1. The minimum atomic E-state index is -0.596. The van der Waals surface area contributed by atoms with Crippen molar-refractivity contribution in [1.29, 1.82) is 0 Å². The second-order valence-electron chi connectivity index (χ2n) is 4.91. The smallest absolute Gasteiger partial charge is 0.238 e. The number of likely N-dealkylation sites (N-methyl/N-ethyl adjacent to an activating group) is 1. The van der Waals surface area contributed by atoms with Gasteiger partial charge in [0.2, 0.25) is 5.91 Å². The number of halogens is 2. The van der Waals surface area contributed by atoms with Crippen molar-refractivity contribution in [3.05, 3.63) is 35.4 Å². The number of amides is 1. The summed E-state index contributed by atoms with van der Waals surface area (Å²) in [6.07, 6.45) is 0. The summed E-state index contributed by atoms with van der Waals surface area (Å²) in [6.45, 7) is 3.72. The second kappa shape index (κ2) is 6.28. The molecule has 1 aromatic carbocycles. The topological polar surface area (TPSA) is 44.4 Å². The third kappa shape index (κ3) is 2.96. The summed E-state index contributed by atoms with van der Waals surface area (Å²) in [6, 6.07) is 2.92. The molecule has 0 aliphatic carbocycles. The van der Waals surface area contributed by atoms with Crippen molar-refractivity contribution >= 4 is 5.91 Å². The van der Waals surface area contributed by atoms with E-state index in [1.165, 1.54) is 12.1 Å². The van der Waals surface area contributed by atoms with Gasteiger partial charge in [0.15, 0.2) is 0 Å². The van der Waals surface area contributed by atoms with Gasteiger partial charge in [-0.3, -0.25) is 9.69 Å². The number of carbonyl (C=O) groups is 1. The lowest BCUT2D eigenvalue weighted by Crippen LogP contribution is -2.57. The van der Waals surface area contributed by atoms with Crippen molar-refractivity contribution in [2.45, 2.75) is 19.0 Å². The van der Waals surface area contributed by atoms with Gasteiger partial charge in [0, 0.05) is 44.4 Å². The Labute approximate surface area is 117 Å². The lowest BCUT2D eigenvalue weighted by molar-refractivity contribution is -0.127. The molecule has 2 unspecified atom stereocenters. The molecule has 1 heterocycles. The van der Waals surface area contributed by atoms with Crippen molar-refractivity contribution in [3.63, 3.8) is 0 Å². The lowest BCUT2D eigenvalue weighted by Gasteiger charge is -2.39. The Kier molecular flexibility index (Phi) is 4.67. The summed E-state index contributed by atoms with van der Waals surface area (Å²) in [4.78, 5) is 13.8. The van der Waals surface area contributed by atoms with Gasteiger partial charge in [-0.1, -0.05) is 6.07 Å². The van der Waals surface area contributed by atoms with Crippen LogP contribution in [0.1, 0.15) is 18.5 Å². The van der Waals surface area contributed by atoms with E-state index in [9.17, 15) is 13.6 Å². The number of nitrogens with one attached hydrogen (secondary N) is 2. The fourth-order valence-electron chi connectivity index (χ4n) is 2.61. The number of rotatable bonds is 3. The first kappa shape index (κ1) is 14.9. The quantitative estimate of drug-likeness (QED) is 0.871. The fraction of sp³-hybridized carbons (Fsp3) is 0.500. The Bertz CT molecular complexity index is 495. The van der Waals surface area contributed by atoms with Gasteiger partial charge in [0.05, 0.1) is 0 Å². The molecule has 0 spiro atoms. The molecule has 1 fully saturated rings. The van der Waals surface area contributed by atoms with E-state index < -0.39 is 11.6 Å². The molecule has 1 aromatic rings. The highest BCUT2D eigenvalue weighted by Crippen LogP contribution is 2.26. The van der Waals surface area contributed by atoms with Crippen molar-refractivity contribution < 1.29 is 13.6 Å². The number of hydrogen-bond donors (Lipinski definition) is 2. The van der Waals surface area contributed by atoms with Crippen LogP contribution in [0, 0.1) is 11.6 Å². The van der Waals surface area contributed by atoms with Crippen LogP contribution in [0.4, 0.5) is 8.78 Å². The summed E-state index contributed by atoms with van der Waals surface area (Å²) >= 11 is 0. The van der Waals surface area contributed by atoms with Crippen LogP contribution in [0.25, 0.3) is 0 Å². The molecule has 0 bridgehead atoms. The van der Waals surface area contributed by atoms with E-state index in [1.807, 2.05) is 11.8 Å². The third-order valence-electron chi connectivity index (χ3n) is 3.74. The standard InChI is InChI=1S/C14H19F2N3O/c1-9(11-4-3-10(15)7-12(11)16)19-6-5-18-8-13(19)14(20)17-2/h3-4,7,9,13,18H,5-6,8H2,1-2H3,(H,17,20). The Morgan fingerprint density at radius 1 is 1.50 bits per heavy atom. The molecule has 2 atom stereocenters. The average molecular weight is 283 g/mol. The van der Waals surface area contributed by atoms with E-state index in [2.05, 4.69) is 10.6 Å². The summed E-state index contributed by atoms with van der Waals surface area (Å²) in [5, 5.41) is 5.77. The molecule has 0 aromatic heterocycles. The zero-order valence-electron chi connectivity index (χ0n) is 11.6. The molecule has 1 amide bonds. The highest BCUT2D eigenvalue weighted by atomic mass is 19.1. The van der Waals surface area contributed by atoms with Crippen LogP contribution in [0.2, 0.25) is 0 Å². The summed E-state index contributed by atoms with van der Waals surface area (Å²) in [5.41, 5.74) is 0.405. The Hall–Kier alpha value is -1.53. The maximum absolute atomic E-state index is 13.9. The van der Waals surface area contributed by atoms with Gasteiger partial charge in [0.1, 0.15) is 17.7 Å². The van der Waals surface area contributed by atoms with Gasteiger partial charge in [-0.2, -0.15) is 0 Å². The van der Waals surface area contributed by atoms with Gasteiger partial charge in [-0.05, 0) is 13.0 Å². The highest BCUT2D eigenvalue weighted by Gasteiger charge is 2.32. The van der Waals surface area contributed by atoms with Crippen molar-refractivity contribution in [2.24, 2.45) is 0 Å². The number of hydrogen-bond acceptors (Lipinski definition) is 3. The molecule has 0 saturated carbocycles. The second-order valence-corrected chi connectivity index (χ2v) is 4.91. The first-order valence-corrected chi connectivity index (χ1v) is 6.67. The first-order chi connectivity index (χ1) is 9.54. The van der Waals surface area contributed by atoms with E-state index >= 15 is 0 Å². The molecule has 1 aliphatic heterocycles. The van der Waals surface area contributed by atoms with Crippen molar-refractivity contribution in [1.82, 2.24) is 15.5 Å². The Balaban J connectivity index is 2.25. The van der Waals surface area contributed by atoms with Crippen LogP contribution in [0.3, 0.4) is 0 Å². The largest absolute Gasteiger partial charge is 0.358 e. The molecular formula is C14H19F2N3O. The van der Waals surface area contributed by atoms with Gasteiger partial charge in [0.25, 0.3) is 0 Å². The summed E-state index contributed by atoms with van der Waals surface area (Å²) in [7, 11) is 1.58. The van der Waals surface area contributed by atoms with Crippen LogP contribution in [0.15, 0.2) is 18.2 Å². The molecule has 4 nitrogen and oxygen atoms in total. The number of piperazine rings is 1. The van der Waals surface area contributed by atoms with Crippen LogP contribution in [-0.4, -0.2) is 43.5 Å². The zero-order valence-corrected chi connectivity index (χ0v) is 11.6. The zero-order chi connectivity index (χ0) is 14.7. The van der Waals surface area contributed by atoms with Crippen LogP contribution in [0.5, 0.6) is 0 Å². The predicted octanol–water partition coefficient (Wildman–Crippen LogP) is 1.05. The molecule has 1 aliphatic rings. The van der Waals surface area contributed by atoms with E-state index in [1.54, 1.807) is 7.05 Å². The fourth-order valence-corrected chi connectivity index (χ4v) is 2.61. The molecule has 1 saturated heterocycles. The Morgan fingerprint density at radius 3 is 2.90 bits per heavy atom. The number of benzene rings is 1. The van der Waals surface area contributed by atoms with Crippen LogP contribution < -0.4 is 10.6 Å². The normalized spacial score (nSPS) is 21.5. The summed E-state index contributed by atoms with van der Waals surface area (Å²) < 4.78 is 26.9. The van der Waals surface area contributed by atoms with Gasteiger partial charge >= 0.3 is 0 Å². The third-order valence-corrected chi connectivity index (χ3v) is 3.74. The summed E-state index contributed by atoms with van der Waals surface area (Å²) in [5.74, 6) is -1.28. The molecule has 2 N–H and O–H groups in total. The maximum atomic E-state index is 13.9. The average Bonchev–Trinajstić information content (AvgIpc) is 2.46. The van der Waals surface area contributed by atoms with Gasteiger partial charge < -0.3 is 10.6 Å². The van der Waals surface area contributed by atoms with Gasteiger partial charge in [-0.25, -0.2) is 8.78 Å². The molecule has 20 heavy (non-hydrogen) atoms. The molecule has 0 radical (unpaired) electrons. The minimum Gasteiger partial charge on any atom is -0.358 e. The van der Waals surface area contributed by atoms with Crippen molar-refractivity contribution in [3.8, 4) is 0 Å². The highest BCUT2D eigenvalue weighted by molar-refractivity contribution is 5.81. The van der Waals surface area contributed by atoms with E-state index in [0.717, 1.165) is 12.6 Å².